The summed E-state index contributed by atoms with van der Waals surface area (Å²) in [5.41, 5.74) is 12.8. The van der Waals surface area contributed by atoms with Gasteiger partial charge in [-0.2, -0.15) is 0 Å². The van der Waals surface area contributed by atoms with E-state index in [1.807, 2.05) is 0 Å². The summed E-state index contributed by atoms with van der Waals surface area (Å²) in [5.74, 6) is -0.519. The molecule has 1 unspecified atom stereocenters. The molecule has 0 aliphatic rings. The lowest BCUT2D eigenvalue weighted by molar-refractivity contribution is -0.119. The van der Waals surface area contributed by atoms with Gasteiger partial charge in [-0.25, -0.2) is 0 Å². The maximum absolute atomic E-state index is 10.4. The van der Waals surface area contributed by atoms with E-state index in [1.54, 1.807) is 7.05 Å². The number of primary amides is 1. The molecule has 0 rings (SSSR count). The number of hydrogen-bond donors (Lipinski definition) is 2. The van der Waals surface area contributed by atoms with Gasteiger partial charge in [0.1, 0.15) is 0 Å². The Balaban J connectivity index is 3.82. The minimum absolute atomic E-state index is 0.0579. The number of nitrogens with zero attached hydrogens (tertiary/aromatic N) is 3. The molecular formula is C4H9N5O. The summed E-state index contributed by atoms with van der Waals surface area (Å²) < 4.78 is 0. The van der Waals surface area contributed by atoms with Crippen molar-refractivity contribution in [3.63, 3.8) is 0 Å². The SMILES string of the molecule is CNC(CN=[N+]=[N-])C(N)=O. The summed E-state index contributed by atoms with van der Waals surface area (Å²) in [6.45, 7) is 0.0579. The normalized spacial score (nSPS) is 11.7. The monoisotopic (exact) mass is 143 g/mol. The van der Waals surface area contributed by atoms with Gasteiger partial charge in [-0.1, -0.05) is 5.11 Å². The number of carbonyl (C=O) groups is 1. The van der Waals surface area contributed by atoms with Gasteiger partial charge in [-0.15, -0.1) is 0 Å². The molecule has 0 heterocycles. The zero-order valence-corrected chi connectivity index (χ0v) is 5.61. The molecule has 0 aromatic heterocycles. The van der Waals surface area contributed by atoms with Gasteiger partial charge in [0.05, 0.1) is 12.6 Å². The average molecular weight is 143 g/mol. The second-order valence-electron chi connectivity index (χ2n) is 1.66. The number of hydrogen-bond acceptors (Lipinski definition) is 3. The summed E-state index contributed by atoms with van der Waals surface area (Å²) in [6, 6.07) is -0.559. The van der Waals surface area contributed by atoms with Crippen LogP contribution in [0.4, 0.5) is 0 Å². The van der Waals surface area contributed by atoms with E-state index in [0.717, 1.165) is 0 Å². The highest BCUT2D eigenvalue weighted by molar-refractivity contribution is 5.80. The highest BCUT2D eigenvalue weighted by Crippen LogP contribution is 1.81. The molecule has 0 saturated heterocycles. The Bertz CT molecular complexity index is 161. The quantitative estimate of drug-likeness (QED) is 0.310. The third-order valence-corrected chi connectivity index (χ3v) is 1.02. The first-order valence-corrected chi connectivity index (χ1v) is 2.69. The number of azide groups is 1. The lowest BCUT2D eigenvalue weighted by atomic mass is 10.3. The maximum atomic E-state index is 10.4. The van der Waals surface area contributed by atoms with Crippen LogP contribution in [0.1, 0.15) is 0 Å². The number of amides is 1. The summed E-state index contributed by atoms with van der Waals surface area (Å²) in [7, 11) is 1.57. The second kappa shape index (κ2) is 4.60. The molecule has 0 radical (unpaired) electrons. The molecule has 10 heavy (non-hydrogen) atoms. The number of nitrogens with two attached hydrogens (primary N) is 1. The van der Waals surface area contributed by atoms with Crippen molar-refractivity contribution in [3.8, 4) is 0 Å². The average Bonchev–Trinajstić information content (AvgIpc) is 1.89. The smallest absolute Gasteiger partial charge is 0.234 e. The first kappa shape index (κ1) is 8.74. The van der Waals surface area contributed by atoms with Crippen LogP contribution >= 0.6 is 0 Å². The molecule has 0 aliphatic carbocycles. The summed E-state index contributed by atoms with van der Waals surface area (Å²) >= 11 is 0. The Hall–Kier alpha value is -1.26. The molecule has 1 atom stereocenters. The van der Waals surface area contributed by atoms with Crippen LogP contribution in [-0.2, 0) is 4.79 Å². The predicted octanol–water partition coefficient (Wildman–Crippen LogP) is -0.630. The van der Waals surface area contributed by atoms with E-state index < -0.39 is 11.9 Å². The number of likely N-dealkylation sites (N-methyl/N-ethyl adjacent to an activating group) is 1. The molecule has 0 aromatic rings. The third kappa shape index (κ3) is 2.91. The topological polar surface area (TPSA) is 104 Å². The van der Waals surface area contributed by atoms with Crippen molar-refractivity contribution in [2.45, 2.75) is 6.04 Å². The van der Waals surface area contributed by atoms with Gasteiger partial charge < -0.3 is 11.1 Å². The summed E-state index contributed by atoms with van der Waals surface area (Å²) in [4.78, 5) is 12.9. The Labute approximate surface area is 58.0 Å². The van der Waals surface area contributed by atoms with Gasteiger partial charge in [0, 0.05) is 4.91 Å². The van der Waals surface area contributed by atoms with Crippen molar-refractivity contribution in [2.75, 3.05) is 13.6 Å². The zero-order valence-electron chi connectivity index (χ0n) is 5.61. The molecule has 6 heteroatoms. The first-order valence-electron chi connectivity index (χ1n) is 2.69. The molecule has 6 nitrogen and oxygen atoms in total. The molecule has 56 valence electrons. The van der Waals surface area contributed by atoms with Gasteiger partial charge in [-0.05, 0) is 12.6 Å². The first-order chi connectivity index (χ1) is 4.72. The molecule has 0 spiro atoms. The molecule has 0 saturated carbocycles. The van der Waals surface area contributed by atoms with Crippen molar-refractivity contribution in [3.05, 3.63) is 10.4 Å². The fourth-order valence-electron chi connectivity index (χ4n) is 0.442. The number of carbonyl (C=O) groups excluding carboxylic acids is 1. The van der Waals surface area contributed by atoms with Crippen LogP contribution in [0.25, 0.3) is 10.4 Å². The summed E-state index contributed by atoms with van der Waals surface area (Å²) in [6.07, 6.45) is 0. The molecule has 0 aliphatic heterocycles. The lowest BCUT2D eigenvalue weighted by Gasteiger charge is -2.06. The Morgan fingerprint density at radius 1 is 2.00 bits per heavy atom. The van der Waals surface area contributed by atoms with E-state index in [-0.39, 0.29) is 6.54 Å². The molecule has 3 N–H and O–H groups in total. The standard InChI is InChI=1S/C4H9N5O/c1-7-3(4(5)10)2-8-9-6/h3,7H,2H2,1H3,(H2,5,10). The van der Waals surface area contributed by atoms with E-state index in [9.17, 15) is 4.79 Å². The molecule has 1 amide bonds. The number of nitrogens with one attached hydrogen (secondary N) is 1. The van der Waals surface area contributed by atoms with Gasteiger partial charge in [-0.3, -0.25) is 4.79 Å². The minimum atomic E-state index is -0.559. The van der Waals surface area contributed by atoms with E-state index >= 15 is 0 Å². The van der Waals surface area contributed by atoms with Crippen molar-refractivity contribution in [1.82, 2.24) is 5.32 Å². The van der Waals surface area contributed by atoms with Gasteiger partial charge in [0.2, 0.25) is 5.91 Å². The van der Waals surface area contributed by atoms with Crippen LogP contribution in [0.15, 0.2) is 5.11 Å². The van der Waals surface area contributed by atoms with E-state index in [2.05, 4.69) is 15.3 Å². The summed E-state index contributed by atoms with van der Waals surface area (Å²) in [5, 5.41) is 5.78. The highest BCUT2D eigenvalue weighted by atomic mass is 16.1. The van der Waals surface area contributed by atoms with Crippen LogP contribution < -0.4 is 11.1 Å². The maximum Gasteiger partial charge on any atom is 0.234 e. The van der Waals surface area contributed by atoms with Crippen LogP contribution in [0.2, 0.25) is 0 Å². The fraction of sp³-hybridized carbons (Fsp3) is 0.750. The van der Waals surface area contributed by atoms with Gasteiger partial charge >= 0.3 is 0 Å². The molecular weight excluding hydrogens is 134 g/mol. The van der Waals surface area contributed by atoms with Crippen molar-refractivity contribution in [2.24, 2.45) is 10.8 Å². The zero-order chi connectivity index (χ0) is 7.98. The largest absolute Gasteiger partial charge is 0.368 e. The van der Waals surface area contributed by atoms with Gasteiger partial charge in [0.15, 0.2) is 0 Å². The lowest BCUT2D eigenvalue weighted by Crippen LogP contribution is -2.41. The van der Waals surface area contributed by atoms with Gasteiger partial charge in [0.25, 0.3) is 0 Å². The fourth-order valence-corrected chi connectivity index (χ4v) is 0.442. The minimum Gasteiger partial charge on any atom is -0.368 e. The number of rotatable bonds is 4. The molecule has 0 fully saturated rings. The Morgan fingerprint density at radius 3 is 2.90 bits per heavy atom. The van der Waals surface area contributed by atoms with Crippen LogP contribution in [0, 0.1) is 0 Å². The second-order valence-corrected chi connectivity index (χ2v) is 1.66. The predicted molar refractivity (Wildman–Crippen MR) is 36.1 cm³/mol. The van der Waals surface area contributed by atoms with Crippen molar-refractivity contribution in [1.29, 1.82) is 0 Å². The van der Waals surface area contributed by atoms with Crippen molar-refractivity contribution < 1.29 is 4.79 Å². The molecule has 0 aromatic carbocycles. The van der Waals surface area contributed by atoms with Crippen LogP contribution in [0.3, 0.4) is 0 Å². The Kier molecular flexibility index (Phi) is 4.02. The third-order valence-electron chi connectivity index (χ3n) is 1.02. The van der Waals surface area contributed by atoms with E-state index in [1.165, 1.54) is 0 Å². The van der Waals surface area contributed by atoms with Crippen LogP contribution in [0.5, 0.6) is 0 Å². The van der Waals surface area contributed by atoms with Crippen molar-refractivity contribution >= 4 is 5.91 Å². The molecule has 0 bridgehead atoms. The highest BCUT2D eigenvalue weighted by Gasteiger charge is 2.09. The van der Waals surface area contributed by atoms with E-state index in [4.69, 9.17) is 11.3 Å². The Morgan fingerprint density at radius 2 is 2.60 bits per heavy atom. The van der Waals surface area contributed by atoms with Crippen LogP contribution in [-0.4, -0.2) is 25.5 Å². The van der Waals surface area contributed by atoms with E-state index in [0.29, 0.717) is 0 Å².